The Morgan fingerprint density at radius 1 is 1.21 bits per heavy atom. The molecule has 0 aliphatic rings. The van der Waals surface area contributed by atoms with Gasteiger partial charge in [-0.1, -0.05) is 32.9 Å². The number of likely N-dealkylation sites (N-methyl/N-ethyl adjacent to an activating group) is 2. The number of rotatable bonds is 9. The fourth-order valence-corrected chi connectivity index (χ4v) is 2.06. The van der Waals surface area contributed by atoms with Gasteiger partial charge in [-0.25, -0.2) is 0 Å². The quantitative estimate of drug-likeness (QED) is 0.743. The highest BCUT2D eigenvalue weighted by Gasteiger charge is 2.20. The van der Waals surface area contributed by atoms with Crippen LogP contribution in [0.5, 0.6) is 0 Å². The van der Waals surface area contributed by atoms with Gasteiger partial charge in [-0.15, -0.1) is 0 Å². The van der Waals surface area contributed by atoms with E-state index in [2.05, 4.69) is 55.0 Å². The van der Waals surface area contributed by atoms with E-state index >= 15 is 0 Å². The van der Waals surface area contributed by atoms with Gasteiger partial charge in [-0.3, -0.25) is 0 Å². The van der Waals surface area contributed by atoms with Gasteiger partial charge in [0.05, 0.1) is 5.92 Å². The third-order valence-electron chi connectivity index (χ3n) is 3.70. The number of nitrogens with zero attached hydrogens (tertiary/aromatic N) is 3. The van der Waals surface area contributed by atoms with Crippen LogP contribution >= 0.6 is 0 Å². The lowest BCUT2D eigenvalue weighted by Gasteiger charge is -2.17. The molecule has 0 spiro atoms. The smallest absolute Gasteiger partial charge is 0.231 e. The molecule has 5 heteroatoms. The fraction of sp³-hybridized carbons (Fsp3) is 0.857. The second-order valence-electron chi connectivity index (χ2n) is 4.96. The van der Waals surface area contributed by atoms with Crippen molar-refractivity contribution < 1.29 is 4.52 Å². The van der Waals surface area contributed by atoms with E-state index < -0.39 is 0 Å². The van der Waals surface area contributed by atoms with Crippen LogP contribution in [0.4, 0.5) is 0 Å². The summed E-state index contributed by atoms with van der Waals surface area (Å²) < 4.78 is 5.37. The molecule has 0 aromatic carbocycles. The van der Waals surface area contributed by atoms with E-state index in [1.54, 1.807) is 0 Å². The SMILES string of the molecule is CCNC(C)C(C)c1nc(CCN(CC)CC)no1. The molecule has 19 heavy (non-hydrogen) atoms. The van der Waals surface area contributed by atoms with Crippen molar-refractivity contribution in [2.75, 3.05) is 26.2 Å². The van der Waals surface area contributed by atoms with Crippen molar-refractivity contribution in [2.45, 2.75) is 53.0 Å². The highest BCUT2D eigenvalue weighted by Crippen LogP contribution is 2.17. The lowest BCUT2D eigenvalue weighted by atomic mass is 10.0. The Balaban J connectivity index is 2.52. The van der Waals surface area contributed by atoms with Crippen LogP contribution in [0.15, 0.2) is 4.52 Å². The molecule has 0 radical (unpaired) electrons. The van der Waals surface area contributed by atoms with Crippen molar-refractivity contribution >= 4 is 0 Å². The zero-order chi connectivity index (χ0) is 14.3. The number of nitrogens with one attached hydrogen (secondary N) is 1. The van der Waals surface area contributed by atoms with E-state index in [-0.39, 0.29) is 5.92 Å². The van der Waals surface area contributed by atoms with E-state index in [1.807, 2.05) is 0 Å². The second-order valence-corrected chi connectivity index (χ2v) is 4.96. The van der Waals surface area contributed by atoms with Crippen molar-refractivity contribution in [3.8, 4) is 0 Å². The Hall–Kier alpha value is -0.940. The van der Waals surface area contributed by atoms with Crippen LogP contribution in [0.3, 0.4) is 0 Å². The lowest BCUT2D eigenvalue weighted by molar-refractivity contribution is 0.301. The predicted molar refractivity (Wildman–Crippen MR) is 77.3 cm³/mol. The Morgan fingerprint density at radius 2 is 1.89 bits per heavy atom. The van der Waals surface area contributed by atoms with Gasteiger partial charge in [-0.05, 0) is 26.6 Å². The van der Waals surface area contributed by atoms with Crippen molar-refractivity contribution in [1.29, 1.82) is 0 Å². The number of aromatic nitrogens is 2. The average molecular weight is 268 g/mol. The number of hydrogen-bond donors (Lipinski definition) is 1. The van der Waals surface area contributed by atoms with Crippen molar-refractivity contribution in [3.63, 3.8) is 0 Å². The van der Waals surface area contributed by atoms with Crippen LogP contribution in [-0.4, -0.2) is 47.3 Å². The summed E-state index contributed by atoms with van der Waals surface area (Å²) in [4.78, 5) is 6.87. The monoisotopic (exact) mass is 268 g/mol. The zero-order valence-corrected chi connectivity index (χ0v) is 12.9. The molecule has 1 aromatic heterocycles. The van der Waals surface area contributed by atoms with Crippen LogP contribution in [0, 0.1) is 0 Å². The van der Waals surface area contributed by atoms with Crippen molar-refractivity contribution in [3.05, 3.63) is 11.7 Å². The summed E-state index contributed by atoms with van der Waals surface area (Å²) in [5.74, 6) is 1.80. The Morgan fingerprint density at radius 3 is 2.47 bits per heavy atom. The third kappa shape index (κ3) is 4.91. The maximum atomic E-state index is 5.37. The minimum absolute atomic E-state index is 0.245. The normalized spacial score (nSPS) is 14.8. The summed E-state index contributed by atoms with van der Waals surface area (Å²) in [6, 6.07) is 0.348. The van der Waals surface area contributed by atoms with Crippen LogP contribution in [0.2, 0.25) is 0 Å². The molecular weight excluding hydrogens is 240 g/mol. The molecule has 1 heterocycles. The van der Waals surface area contributed by atoms with E-state index in [9.17, 15) is 0 Å². The molecule has 0 aliphatic heterocycles. The Labute approximate surface area is 116 Å². The average Bonchev–Trinajstić information content (AvgIpc) is 2.88. The van der Waals surface area contributed by atoms with E-state index in [1.165, 1.54) is 0 Å². The second kappa shape index (κ2) is 8.27. The van der Waals surface area contributed by atoms with E-state index in [0.29, 0.717) is 6.04 Å². The van der Waals surface area contributed by atoms with Crippen LogP contribution in [0.1, 0.15) is 52.3 Å². The van der Waals surface area contributed by atoms with Crippen molar-refractivity contribution in [1.82, 2.24) is 20.4 Å². The van der Waals surface area contributed by atoms with Gasteiger partial charge in [0.25, 0.3) is 0 Å². The topological polar surface area (TPSA) is 54.2 Å². The minimum atomic E-state index is 0.245. The predicted octanol–water partition coefficient (Wildman–Crippen LogP) is 2.06. The summed E-state index contributed by atoms with van der Waals surface area (Å²) in [7, 11) is 0. The molecule has 5 nitrogen and oxygen atoms in total. The van der Waals surface area contributed by atoms with Gasteiger partial charge in [-0.2, -0.15) is 4.98 Å². The molecule has 2 unspecified atom stereocenters. The summed E-state index contributed by atoms with van der Waals surface area (Å²) in [5, 5.41) is 7.47. The molecule has 1 aromatic rings. The first-order chi connectivity index (χ1) is 9.12. The van der Waals surface area contributed by atoms with Crippen LogP contribution in [-0.2, 0) is 6.42 Å². The van der Waals surface area contributed by atoms with Gasteiger partial charge < -0.3 is 14.7 Å². The summed E-state index contributed by atoms with van der Waals surface area (Å²) >= 11 is 0. The summed E-state index contributed by atoms with van der Waals surface area (Å²) in [5.41, 5.74) is 0. The Kier molecular flexibility index (Phi) is 7.02. The highest BCUT2D eigenvalue weighted by molar-refractivity contribution is 4.96. The largest absolute Gasteiger partial charge is 0.339 e. The van der Waals surface area contributed by atoms with Crippen molar-refractivity contribution in [2.24, 2.45) is 0 Å². The molecule has 0 saturated carbocycles. The maximum Gasteiger partial charge on any atom is 0.231 e. The molecule has 1 rings (SSSR count). The summed E-state index contributed by atoms with van der Waals surface area (Å²) in [6.07, 6.45) is 0.855. The number of hydrogen-bond acceptors (Lipinski definition) is 5. The van der Waals surface area contributed by atoms with Gasteiger partial charge in [0, 0.05) is 19.0 Å². The van der Waals surface area contributed by atoms with E-state index in [4.69, 9.17) is 4.52 Å². The Bertz CT molecular complexity index is 349. The third-order valence-corrected chi connectivity index (χ3v) is 3.70. The molecule has 0 bridgehead atoms. The molecule has 110 valence electrons. The first-order valence-electron chi connectivity index (χ1n) is 7.40. The molecule has 0 amide bonds. The van der Waals surface area contributed by atoms with E-state index in [0.717, 1.165) is 44.3 Å². The molecule has 2 atom stereocenters. The van der Waals surface area contributed by atoms with Gasteiger partial charge >= 0.3 is 0 Å². The van der Waals surface area contributed by atoms with Crippen LogP contribution < -0.4 is 5.32 Å². The molecule has 0 fully saturated rings. The molecule has 0 saturated heterocycles. The first kappa shape index (κ1) is 16.1. The fourth-order valence-electron chi connectivity index (χ4n) is 2.06. The van der Waals surface area contributed by atoms with Gasteiger partial charge in [0.1, 0.15) is 0 Å². The lowest BCUT2D eigenvalue weighted by Crippen LogP contribution is -2.30. The highest BCUT2D eigenvalue weighted by atomic mass is 16.5. The summed E-state index contributed by atoms with van der Waals surface area (Å²) in [6.45, 7) is 14.8. The zero-order valence-electron chi connectivity index (χ0n) is 12.9. The van der Waals surface area contributed by atoms with Gasteiger partial charge in [0.2, 0.25) is 5.89 Å². The molecular formula is C14H28N4O. The molecule has 0 aliphatic carbocycles. The minimum Gasteiger partial charge on any atom is -0.339 e. The van der Waals surface area contributed by atoms with Gasteiger partial charge in [0.15, 0.2) is 5.82 Å². The first-order valence-corrected chi connectivity index (χ1v) is 7.40. The maximum absolute atomic E-state index is 5.37. The standard InChI is InChI=1S/C14H28N4O/c1-6-15-12(5)11(4)14-16-13(17-19-14)9-10-18(7-2)8-3/h11-12,15H,6-10H2,1-5H3. The molecule has 1 N–H and O–H groups in total. The van der Waals surface area contributed by atoms with Crippen LogP contribution in [0.25, 0.3) is 0 Å².